The molecular weight excluding hydrogens is 440 g/mol. The van der Waals surface area contributed by atoms with E-state index < -0.39 is 5.60 Å². The highest BCUT2D eigenvalue weighted by atomic mass is 35.5. The van der Waals surface area contributed by atoms with Gasteiger partial charge in [-0.25, -0.2) is 4.79 Å². The Hall–Kier alpha value is -2.77. The van der Waals surface area contributed by atoms with Crippen LogP contribution in [0.5, 0.6) is 0 Å². The molecule has 0 aliphatic carbocycles. The zero-order chi connectivity index (χ0) is 22.8. The van der Waals surface area contributed by atoms with Crippen molar-refractivity contribution in [3.8, 4) is 0 Å². The SMILES string of the molecule is O=C(CCN1CCN(c2cccc(Cl)c2)CC1)N1CC[C@]2(C1)CN(c1ccccc1)C(=O)O2. The molecule has 0 radical (unpaired) electrons. The number of rotatable bonds is 5. The van der Waals surface area contributed by atoms with Gasteiger partial charge in [0.1, 0.15) is 0 Å². The van der Waals surface area contributed by atoms with Crippen LogP contribution in [0.25, 0.3) is 0 Å². The highest BCUT2D eigenvalue weighted by Crippen LogP contribution is 2.35. The van der Waals surface area contributed by atoms with Crippen molar-refractivity contribution in [2.24, 2.45) is 0 Å². The minimum Gasteiger partial charge on any atom is -0.439 e. The molecule has 3 heterocycles. The lowest BCUT2D eigenvalue weighted by Crippen LogP contribution is -2.47. The predicted octanol–water partition coefficient (Wildman–Crippen LogP) is 3.48. The second-order valence-electron chi connectivity index (χ2n) is 9.10. The first kappa shape index (κ1) is 22.0. The molecule has 0 bridgehead atoms. The summed E-state index contributed by atoms with van der Waals surface area (Å²) in [6, 6.07) is 17.5. The van der Waals surface area contributed by atoms with Crippen LogP contribution in [0.2, 0.25) is 5.02 Å². The second-order valence-corrected chi connectivity index (χ2v) is 9.53. The summed E-state index contributed by atoms with van der Waals surface area (Å²) in [6.07, 6.45) is 0.850. The van der Waals surface area contributed by atoms with Crippen LogP contribution in [0.4, 0.5) is 16.2 Å². The molecule has 2 aromatic carbocycles. The largest absolute Gasteiger partial charge is 0.439 e. The van der Waals surface area contributed by atoms with Gasteiger partial charge in [-0.15, -0.1) is 0 Å². The maximum absolute atomic E-state index is 12.9. The molecule has 0 aromatic heterocycles. The molecule has 0 N–H and O–H groups in total. The van der Waals surface area contributed by atoms with E-state index in [1.165, 1.54) is 0 Å². The molecule has 3 fully saturated rings. The molecule has 1 spiro atoms. The monoisotopic (exact) mass is 468 g/mol. The molecule has 1 atom stereocenters. The van der Waals surface area contributed by atoms with Crippen molar-refractivity contribution in [2.45, 2.75) is 18.4 Å². The van der Waals surface area contributed by atoms with E-state index >= 15 is 0 Å². The zero-order valence-corrected chi connectivity index (χ0v) is 19.4. The number of carbonyl (C=O) groups excluding carboxylic acids is 2. The number of carbonyl (C=O) groups is 2. The summed E-state index contributed by atoms with van der Waals surface area (Å²) in [6.45, 7) is 6.05. The fourth-order valence-electron chi connectivity index (χ4n) is 5.01. The molecule has 0 saturated carbocycles. The topological polar surface area (TPSA) is 56.3 Å². The third-order valence-electron chi connectivity index (χ3n) is 6.89. The minimum atomic E-state index is -0.592. The number of amides is 2. The fraction of sp³-hybridized carbons (Fsp3) is 0.440. The lowest BCUT2D eigenvalue weighted by Gasteiger charge is -2.36. The Kier molecular flexibility index (Phi) is 6.17. The van der Waals surface area contributed by atoms with Crippen LogP contribution in [0, 0.1) is 0 Å². The third kappa shape index (κ3) is 4.80. The molecule has 7 nitrogen and oxygen atoms in total. The van der Waals surface area contributed by atoms with Crippen molar-refractivity contribution in [1.82, 2.24) is 9.80 Å². The molecule has 2 amide bonds. The van der Waals surface area contributed by atoms with Crippen LogP contribution in [0.3, 0.4) is 0 Å². The summed E-state index contributed by atoms with van der Waals surface area (Å²) in [4.78, 5) is 33.6. The van der Waals surface area contributed by atoms with Gasteiger partial charge in [-0.05, 0) is 30.3 Å². The van der Waals surface area contributed by atoms with Crippen molar-refractivity contribution >= 4 is 35.0 Å². The van der Waals surface area contributed by atoms with E-state index in [0.29, 0.717) is 32.5 Å². The van der Waals surface area contributed by atoms with Crippen LogP contribution in [-0.2, 0) is 9.53 Å². The Morgan fingerprint density at radius 2 is 1.70 bits per heavy atom. The first-order chi connectivity index (χ1) is 16.0. The predicted molar refractivity (Wildman–Crippen MR) is 129 cm³/mol. The minimum absolute atomic E-state index is 0.137. The third-order valence-corrected chi connectivity index (χ3v) is 7.13. The number of halogens is 1. The van der Waals surface area contributed by atoms with Crippen LogP contribution >= 0.6 is 11.6 Å². The van der Waals surface area contributed by atoms with Gasteiger partial charge in [-0.1, -0.05) is 35.9 Å². The Morgan fingerprint density at radius 1 is 0.939 bits per heavy atom. The van der Waals surface area contributed by atoms with E-state index in [-0.39, 0.29) is 12.0 Å². The number of para-hydroxylation sites is 1. The van der Waals surface area contributed by atoms with E-state index in [1.807, 2.05) is 53.4 Å². The first-order valence-electron chi connectivity index (χ1n) is 11.6. The quantitative estimate of drug-likeness (QED) is 0.672. The summed E-state index contributed by atoms with van der Waals surface area (Å²) in [7, 11) is 0. The highest BCUT2D eigenvalue weighted by molar-refractivity contribution is 6.30. The van der Waals surface area contributed by atoms with Gasteiger partial charge in [-0.2, -0.15) is 0 Å². The van der Waals surface area contributed by atoms with E-state index in [2.05, 4.69) is 15.9 Å². The average Bonchev–Trinajstić information content (AvgIpc) is 3.40. The number of hydrogen-bond donors (Lipinski definition) is 0. The van der Waals surface area contributed by atoms with Crippen molar-refractivity contribution in [3.05, 3.63) is 59.6 Å². The van der Waals surface area contributed by atoms with Crippen LogP contribution in [0.15, 0.2) is 54.6 Å². The summed E-state index contributed by atoms with van der Waals surface area (Å²) >= 11 is 6.12. The van der Waals surface area contributed by atoms with Gasteiger partial charge >= 0.3 is 6.09 Å². The molecule has 3 aliphatic heterocycles. The van der Waals surface area contributed by atoms with Crippen LogP contribution in [-0.4, -0.2) is 79.8 Å². The molecular formula is C25H29ClN4O3. The molecule has 33 heavy (non-hydrogen) atoms. The van der Waals surface area contributed by atoms with Gasteiger partial charge in [0.2, 0.25) is 5.91 Å². The smallest absolute Gasteiger partial charge is 0.415 e. The lowest BCUT2D eigenvalue weighted by atomic mass is 10.0. The summed E-state index contributed by atoms with van der Waals surface area (Å²) in [5, 5.41) is 0.753. The maximum Gasteiger partial charge on any atom is 0.415 e. The Labute approximate surface area is 199 Å². The van der Waals surface area contributed by atoms with Gasteiger partial charge in [0.25, 0.3) is 0 Å². The van der Waals surface area contributed by atoms with Crippen molar-refractivity contribution in [2.75, 3.05) is 62.2 Å². The van der Waals surface area contributed by atoms with E-state index in [4.69, 9.17) is 16.3 Å². The zero-order valence-electron chi connectivity index (χ0n) is 18.7. The number of benzene rings is 2. The number of anilines is 2. The van der Waals surface area contributed by atoms with Gasteiger partial charge in [0, 0.05) is 68.5 Å². The molecule has 3 saturated heterocycles. The van der Waals surface area contributed by atoms with Crippen molar-refractivity contribution in [3.63, 3.8) is 0 Å². The number of nitrogens with zero attached hydrogens (tertiary/aromatic N) is 4. The first-order valence-corrected chi connectivity index (χ1v) is 12.0. The molecule has 174 valence electrons. The molecule has 0 unspecified atom stereocenters. The number of piperazine rings is 1. The number of likely N-dealkylation sites (tertiary alicyclic amines) is 1. The van der Waals surface area contributed by atoms with E-state index in [0.717, 1.165) is 49.1 Å². The van der Waals surface area contributed by atoms with E-state index in [1.54, 1.807) is 4.90 Å². The lowest BCUT2D eigenvalue weighted by molar-refractivity contribution is -0.131. The Morgan fingerprint density at radius 3 is 2.45 bits per heavy atom. The van der Waals surface area contributed by atoms with Crippen LogP contribution in [0.1, 0.15) is 12.8 Å². The Balaban J connectivity index is 1.09. The van der Waals surface area contributed by atoms with Gasteiger partial charge in [0.05, 0.1) is 13.1 Å². The summed E-state index contributed by atoms with van der Waals surface area (Å²) < 4.78 is 5.78. The fourth-order valence-corrected chi connectivity index (χ4v) is 5.20. The van der Waals surface area contributed by atoms with Crippen LogP contribution < -0.4 is 9.80 Å². The van der Waals surface area contributed by atoms with Gasteiger partial charge in [0.15, 0.2) is 5.60 Å². The van der Waals surface area contributed by atoms with E-state index in [9.17, 15) is 9.59 Å². The standard InChI is InChI=1S/C25H29ClN4O3/c26-20-5-4-8-22(17-20)28-15-13-27(14-16-28)11-9-23(31)29-12-10-25(18-29)19-30(24(32)33-25)21-6-2-1-3-7-21/h1-8,17H,9-16,18-19H2/t25-/m0/s1. The molecule has 8 heteroatoms. The molecule has 2 aromatic rings. The number of ether oxygens (including phenoxy) is 1. The molecule has 5 rings (SSSR count). The maximum atomic E-state index is 12.9. The Bertz CT molecular complexity index is 1010. The van der Waals surface area contributed by atoms with Gasteiger partial charge < -0.3 is 14.5 Å². The molecule has 3 aliphatic rings. The summed E-state index contributed by atoms with van der Waals surface area (Å²) in [5.74, 6) is 0.137. The number of hydrogen-bond acceptors (Lipinski definition) is 5. The van der Waals surface area contributed by atoms with Crippen molar-refractivity contribution < 1.29 is 14.3 Å². The second kappa shape index (κ2) is 9.23. The van der Waals surface area contributed by atoms with Crippen molar-refractivity contribution in [1.29, 1.82) is 0 Å². The summed E-state index contributed by atoms with van der Waals surface area (Å²) in [5.41, 5.74) is 1.39. The normalized spacial score (nSPS) is 23.4. The average molecular weight is 469 g/mol. The highest BCUT2D eigenvalue weighted by Gasteiger charge is 2.50. The van der Waals surface area contributed by atoms with Gasteiger partial charge in [-0.3, -0.25) is 14.6 Å².